The van der Waals surface area contributed by atoms with Gasteiger partial charge in [0.15, 0.2) is 0 Å². The standard InChI is InChI=1S/C41H51N4O8PTe/c1-27(2)45(28(3)4)54(51-24-12-23-42)53-36-35(52-39(37(36)55-8)44-25-29(5)38(46)43-40(44)47)26-50-41(30-13-10-9-11-14-30,31-15-19-33(48-6)20-16-31)32-17-21-34(49-7)22-18-32/h9-11,13-22,25,27-28,35-37,39H,12,24,26H2,1-8H3,(H,43,46,47)/t35-,36-,37-,39-,54?/m1/s1. The van der Waals surface area contributed by atoms with Crippen molar-refractivity contribution in [3.05, 3.63) is 128 Å². The van der Waals surface area contributed by atoms with Crippen LogP contribution in [-0.4, -0.2) is 86.9 Å². The fourth-order valence-electron chi connectivity index (χ4n) is 6.90. The predicted molar refractivity (Wildman–Crippen MR) is 214 cm³/mol. The van der Waals surface area contributed by atoms with E-state index < -0.39 is 64.7 Å². The fraction of sp³-hybridized carbons (Fsp3) is 0.439. The number of benzene rings is 3. The molecule has 0 amide bonds. The first kappa shape index (κ1) is 42.6. The Bertz CT molecular complexity index is 1930. The van der Waals surface area contributed by atoms with E-state index in [9.17, 15) is 14.9 Å². The third-order valence-corrected chi connectivity index (χ3v) is 14.6. The molecule has 1 N–H and O–H groups in total. The van der Waals surface area contributed by atoms with Crippen molar-refractivity contribution in [2.24, 2.45) is 0 Å². The van der Waals surface area contributed by atoms with Gasteiger partial charge in [-0.05, 0) is 0 Å². The van der Waals surface area contributed by atoms with Gasteiger partial charge in [0.05, 0.1) is 0 Å². The van der Waals surface area contributed by atoms with Crippen LogP contribution in [0.15, 0.2) is 94.6 Å². The summed E-state index contributed by atoms with van der Waals surface area (Å²) in [5.74, 6) is 1.41. The van der Waals surface area contributed by atoms with Crippen LogP contribution in [0.4, 0.5) is 0 Å². The normalized spacial score (nSPS) is 19.2. The second kappa shape index (κ2) is 19.5. The average molecular weight is 886 g/mol. The second-order valence-electron chi connectivity index (χ2n) is 13.7. The molecule has 1 unspecified atom stereocenters. The molecule has 1 fully saturated rings. The molecule has 1 aliphatic heterocycles. The Morgan fingerprint density at radius 3 is 2.00 bits per heavy atom. The van der Waals surface area contributed by atoms with Crippen molar-refractivity contribution in [3.8, 4) is 17.6 Å². The first-order chi connectivity index (χ1) is 26.5. The molecule has 0 spiro atoms. The number of aromatic amines is 1. The average Bonchev–Trinajstić information content (AvgIpc) is 3.53. The number of aromatic nitrogens is 2. The van der Waals surface area contributed by atoms with Crippen molar-refractivity contribution < 1.29 is 28.0 Å². The van der Waals surface area contributed by atoms with E-state index in [-0.39, 0.29) is 35.7 Å². The molecule has 2 heterocycles. The quantitative estimate of drug-likeness (QED) is 0.0483. The van der Waals surface area contributed by atoms with Crippen LogP contribution < -0.4 is 20.7 Å². The number of ether oxygens (including phenoxy) is 4. The number of nitrogens with one attached hydrogen (secondary N) is 1. The molecule has 0 radical (unpaired) electrons. The summed E-state index contributed by atoms with van der Waals surface area (Å²) < 4.78 is 42.3. The number of aryl methyl sites for hydroxylation is 1. The number of hydrogen-bond donors (Lipinski definition) is 1. The molecule has 1 saturated heterocycles. The Labute approximate surface area is 334 Å². The fourth-order valence-corrected chi connectivity index (χ4v) is 11.6. The molecule has 14 heteroatoms. The van der Waals surface area contributed by atoms with E-state index in [4.69, 9.17) is 28.0 Å². The molecule has 12 nitrogen and oxygen atoms in total. The summed E-state index contributed by atoms with van der Waals surface area (Å²) in [6.45, 7) is 10.3. The van der Waals surface area contributed by atoms with E-state index >= 15 is 0 Å². The molecule has 55 heavy (non-hydrogen) atoms. The van der Waals surface area contributed by atoms with Gasteiger partial charge in [0, 0.05) is 0 Å². The summed E-state index contributed by atoms with van der Waals surface area (Å²) in [7, 11) is 1.59. The van der Waals surface area contributed by atoms with Crippen LogP contribution in [0.1, 0.15) is 62.6 Å². The number of hydrogen-bond acceptors (Lipinski definition) is 10. The topological polar surface area (TPSA) is 137 Å². The molecule has 3 aromatic carbocycles. The summed E-state index contributed by atoms with van der Waals surface area (Å²) in [6, 6.07) is 28.0. The number of rotatable bonds is 18. The molecule has 1 aromatic heterocycles. The van der Waals surface area contributed by atoms with Gasteiger partial charge in [-0.15, -0.1) is 0 Å². The van der Waals surface area contributed by atoms with Gasteiger partial charge in [-0.2, -0.15) is 0 Å². The zero-order valence-electron chi connectivity index (χ0n) is 32.6. The van der Waals surface area contributed by atoms with Gasteiger partial charge in [-0.25, -0.2) is 0 Å². The maximum atomic E-state index is 13.4. The Morgan fingerprint density at radius 2 is 1.49 bits per heavy atom. The second-order valence-corrected chi connectivity index (χ2v) is 18.0. The first-order valence-electron chi connectivity index (χ1n) is 18.2. The monoisotopic (exact) mass is 888 g/mol. The van der Waals surface area contributed by atoms with Gasteiger partial charge in [0.25, 0.3) is 0 Å². The zero-order valence-corrected chi connectivity index (χ0v) is 35.9. The third kappa shape index (κ3) is 9.53. The van der Waals surface area contributed by atoms with Crippen LogP contribution in [0, 0.1) is 18.3 Å². The Hall–Kier alpha value is -3.55. The predicted octanol–water partition coefficient (Wildman–Crippen LogP) is 6.97. The minimum atomic E-state index is -1.68. The van der Waals surface area contributed by atoms with Gasteiger partial charge in [0.2, 0.25) is 0 Å². The van der Waals surface area contributed by atoms with E-state index in [0.29, 0.717) is 17.1 Å². The summed E-state index contributed by atoms with van der Waals surface area (Å²) in [5.41, 5.74) is 0.869. The van der Waals surface area contributed by atoms with Crippen molar-refractivity contribution in [2.45, 2.75) is 86.1 Å². The van der Waals surface area contributed by atoms with E-state index in [1.165, 1.54) is 4.57 Å². The maximum absolute atomic E-state index is 13.4. The van der Waals surface area contributed by atoms with E-state index in [2.05, 4.69) is 48.4 Å². The van der Waals surface area contributed by atoms with Crippen LogP contribution in [0.5, 0.6) is 11.5 Å². The molecule has 4 aromatic rings. The Kier molecular flexibility index (Phi) is 15.1. The molecule has 5 rings (SSSR count). The van der Waals surface area contributed by atoms with E-state index in [1.54, 1.807) is 27.3 Å². The van der Waals surface area contributed by atoms with Crippen molar-refractivity contribution in [1.82, 2.24) is 14.2 Å². The SMILES string of the molecule is COc1ccc(C(OC[C@H]2O[C@@H](n3cc(C)c(=O)[nH]c3=O)[C@H]([Te]C)[C@@H]2OP(OCCC#N)N(C(C)C)C(C)C)(c2ccccc2)c2ccc(OC)cc2)cc1. The van der Waals surface area contributed by atoms with Gasteiger partial charge in [-0.3, -0.25) is 0 Å². The van der Waals surface area contributed by atoms with Crippen LogP contribution in [0.25, 0.3) is 0 Å². The summed E-state index contributed by atoms with van der Waals surface area (Å²) in [5, 5.41) is 9.38. The minimum absolute atomic E-state index is 0.0550. The first-order valence-corrected chi connectivity index (χ1v) is 23.0. The molecule has 1 aliphatic rings. The molecule has 0 saturated carbocycles. The molecule has 294 valence electrons. The zero-order chi connectivity index (χ0) is 39.7. The number of H-pyrrole nitrogens is 1. The van der Waals surface area contributed by atoms with Crippen molar-refractivity contribution in [1.29, 1.82) is 5.26 Å². The van der Waals surface area contributed by atoms with E-state index in [0.717, 1.165) is 16.7 Å². The molecule has 5 atom stereocenters. The van der Waals surface area contributed by atoms with Gasteiger partial charge in [-0.1, -0.05) is 0 Å². The number of nitrogens with zero attached hydrogens (tertiary/aromatic N) is 3. The van der Waals surface area contributed by atoms with Gasteiger partial charge >= 0.3 is 336 Å². The Balaban J connectivity index is 1.66. The summed E-state index contributed by atoms with van der Waals surface area (Å²) in [4.78, 5) is 30.5. The summed E-state index contributed by atoms with van der Waals surface area (Å²) >= 11 is -0.868. The van der Waals surface area contributed by atoms with Gasteiger partial charge < -0.3 is 0 Å². The van der Waals surface area contributed by atoms with E-state index in [1.807, 2.05) is 78.9 Å². The van der Waals surface area contributed by atoms with Crippen LogP contribution >= 0.6 is 8.53 Å². The Morgan fingerprint density at radius 1 is 0.927 bits per heavy atom. The molecule has 0 aliphatic carbocycles. The van der Waals surface area contributed by atoms with Crippen molar-refractivity contribution in [2.75, 3.05) is 27.4 Å². The van der Waals surface area contributed by atoms with Crippen LogP contribution in [0.2, 0.25) is 8.94 Å². The molecular formula is C41H51N4O8PTe. The van der Waals surface area contributed by atoms with Gasteiger partial charge in [0.1, 0.15) is 0 Å². The van der Waals surface area contributed by atoms with Crippen LogP contribution in [-0.2, 0) is 24.1 Å². The number of methoxy groups -OCH3 is 2. The molecular weight excluding hydrogens is 835 g/mol. The van der Waals surface area contributed by atoms with Crippen LogP contribution in [0.3, 0.4) is 0 Å². The number of nitriles is 1. The third-order valence-electron chi connectivity index (χ3n) is 9.49. The molecule has 0 bridgehead atoms. The van der Waals surface area contributed by atoms with Crippen molar-refractivity contribution >= 4 is 29.4 Å². The van der Waals surface area contributed by atoms with Crippen molar-refractivity contribution in [3.63, 3.8) is 0 Å². The summed E-state index contributed by atoms with van der Waals surface area (Å²) in [6.07, 6.45) is -0.200.